The van der Waals surface area contributed by atoms with E-state index < -0.39 is 0 Å². The maximum Gasteiger partial charge on any atom is 0.179 e. The predicted octanol–water partition coefficient (Wildman–Crippen LogP) is 1.72. The zero-order chi connectivity index (χ0) is 11.0. The van der Waals surface area contributed by atoms with Crippen molar-refractivity contribution < 1.29 is 4.79 Å². The van der Waals surface area contributed by atoms with Gasteiger partial charge < -0.3 is 4.90 Å². The molecule has 16 heavy (non-hydrogen) atoms. The van der Waals surface area contributed by atoms with Gasteiger partial charge in [0.2, 0.25) is 0 Å². The number of ketones is 1. The number of carbonyl (C=O) groups is 1. The normalized spacial score (nSPS) is 26.5. The summed E-state index contributed by atoms with van der Waals surface area (Å²) in [4.78, 5) is 18.2. The molecule has 3 heterocycles. The van der Waals surface area contributed by atoms with E-state index in [1.807, 2.05) is 18.2 Å². The van der Waals surface area contributed by atoms with E-state index in [9.17, 15) is 4.79 Å². The number of fused-ring (bicyclic) bond motifs is 2. The summed E-state index contributed by atoms with van der Waals surface area (Å²) in [6, 6.07) is 3.88. The number of piperidine rings is 1. The first-order valence-corrected chi connectivity index (χ1v) is 5.73. The molecule has 0 radical (unpaired) electrons. The predicted molar refractivity (Wildman–Crippen MR) is 61.5 cm³/mol. The fraction of sp³-hybridized carbons (Fsp3) is 0.385. The van der Waals surface area contributed by atoms with Crippen LogP contribution in [0.1, 0.15) is 18.4 Å². The Hall–Kier alpha value is -1.64. The summed E-state index contributed by atoms with van der Waals surface area (Å²) >= 11 is 0. The van der Waals surface area contributed by atoms with Crippen molar-refractivity contribution in [3.8, 4) is 0 Å². The molecular formula is C13H14N2O. The lowest BCUT2D eigenvalue weighted by molar-refractivity contribution is -0.118. The SMILES string of the molecule is O=C1CC2CCN(C2)C1=Cc1cccnc1. The number of hydrogen-bond donors (Lipinski definition) is 0. The van der Waals surface area contributed by atoms with Gasteiger partial charge in [0.05, 0.1) is 5.70 Å². The molecule has 82 valence electrons. The van der Waals surface area contributed by atoms with Gasteiger partial charge in [0, 0.05) is 31.9 Å². The zero-order valence-electron chi connectivity index (χ0n) is 9.10. The van der Waals surface area contributed by atoms with Gasteiger partial charge in [-0.2, -0.15) is 0 Å². The van der Waals surface area contributed by atoms with Crippen molar-refractivity contribution in [2.24, 2.45) is 5.92 Å². The summed E-state index contributed by atoms with van der Waals surface area (Å²) in [5.74, 6) is 0.885. The molecule has 2 aliphatic heterocycles. The third-order valence-electron chi connectivity index (χ3n) is 3.37. The number of carbonyl (C=O) groups excluding carboxylic acids is 1. The molecule has 3 rings (SSSR count). The minimum atomic E-state index is 0.289. The molecule has 2 bridgehead atoms. The molecule has 3 heteroatoms. The zero-order valence-corrected chi connectivity index (χ0v) is 9.10. The lowest BCUT2D eigenvalue weighted by atomic mass is 9.97. The van der Waals surface area contributed by atoms with E-state index in [1.54, 1.807) is 12.4 Å². The van der Waals surface area contributed by atoms with E-state index in [1.165, 1.54) is 0 Å². The third kappa shape index (κ3) is 1.62. The fourth-order valence-corrected chi connectivity index (χ4v) is 2.55. The minimum Gasteiger partial charge on any atom is -0.368 e. The second kappa shape index (κ2) is 3.74. The van der Waals surface area contributed by atoms with Crippen molar-refractivity contribution in [3.05, 3.63) is 35.8 Å². The molecule has 2 saturated heterocycles. The maximum absolute atomic E-state index is 11.9. The van der Waals surface area contributed by atoms with Crippen LogP contribution in [0.15, 0.2) is 30.2 Å². The molecule has 1 aromatic rings. The Labute approximate surface area is 94.8 Å². The quantitative estimate of drug-likeness (QED) is 0.667. The summed E-state index contributed by atoms with van der Waals surface area (Å²) < 4.78 is 0. The molecule has 0 spiro atoms. The lowest BCUT2D eigenvalue weighted by Crippen LogP contribution is -2.31. The van der Waals surface area contributed by atoms with Crippen molar-refractivity contribution in [2.45, 2.75) is 12.8 Å². The van der Waals surface area contributed by atoms with Crippen molar-refractivity contribution >= 4 is 11.9 Å². The molecule has 0 aliphatic carbocycles. The number of allylic oxidation sites excluding steroid dienone is 1. The summed E-state index contributed by atoms with van der Waals surface area (Å²) in [5.41, 5.74) is 1.89. The molecule has 1 atom stereocenters. The summed E-state index contributed by atoms with van der Waals surface area (Å²) in [5, 5.41) is 0. The van der Waals surface area contributed by atoms with Crippen molar-refractivity contribution in [3.63, 3.8) is 0 Å². The van der Waals surface area contributed by atoms with Crippen LogP contribution >= 0.6 is 0 Å². The summed E-state index contributed by atoms with van der Waals surface area (Å²) in [6.45, 7) is 2.08. The van der Waals surface area contributed by atoms with Crippen LogP contribution in [0.4, 0.5) is 0 Å². The smallest absolute Gasteiger partial charge is 0.179 e. The first-order valence-electron chi connectivity index (χ1n) is 5.73. The molecule has 2 fully saturated rings. The van der Waals surface area contributed by atoms with E-state index in [0.717, 1.165) is 37.2 Å². The van der Waals surface area contributed by atoms with Gasteiger partial charge in [-0.15, -0.1) is 0 Å². The van der Waals surface area contributed by atoms with E-state index in [0.29, 0.717) is 5.92 Å². The van der Waals surface area contributed by atoms with Crippen LogP contribution in [0.2, 0.25) is 0 Å². The molecule has 0 saturated carbocycles. The molecule has 3 nitrogen and oxygen atoms in total. The van der Waals surface area contributed by atoms with Crippen LogP contribution in [-0.2, 0) is 4.79 Å². The average molecular weight is 214 g/mol. The number of pyridine rings is 1. The highest BCUT2D eigenvalue weighted by atomic mass is 16.1. The largest absolute Gasteiger partial charge is 0.368 e. The van der Waals surface area contributed by atoms with Crippen molar-refractivity contribution in [2.75, 3.05) is 13.1 Å². The van der Waals surface area contributed by atoms with Crippen molar-refractivity contribution in [1.82, 2.24) is 9.88 Å². The standard InChI is InChI=1S/C13H14N2O/c16-13-7-11-3-5-15(9-11)12(13)6-10-2-1-4-14-8-10/h1-2,4,6,8,11H,3,5,7,9H2. The van der Waals surface area contributed by atoms with Gasteiger partial charge in [-0.25, -0.2) is 0 Å². The highest BCUT2D eigenvalue weighted by molar-refractivity contribution is 6.00. The second-order valence-electron chi connectivity index (χ2n) is 4.54. The van der Waals surface area contributed by atoms with Gasteiger partial charge in [-0.1, -0.05) is 6.07 Å². The Bertz CT molecular complexity index is 439. The van der Waals surface area contributed by atoms with Gasteiger partial charge in [-0.05, 0) is 30.0 Å². The van der Waals surface area contributed by atoms with E-state index in [-0.39, 0.29) is 5.78 Å². The van der Waals surface area contributed by atoms with E-state index in [2.05, 4.69) is 9.88 Å². The molecule has 1 aromatic heterocycles. The first-order chi connectivity index (χ1) is 7.83. The second-order valence-corrected chi connectivity index (χ2v) is 4.54. The maximum atomic E-state index is 11.9. The average Bonchev–Trinajstić information content (AvgIpc) is 2.70. The molecule has 0 aromatic carbocycles. The minimum absolute atomic E-state index is 0.289. The molecule has 2 aliphatic rings. The molecular weight excluding hydrogens is 200 g/mol. The number of Topliss-reactive ketones (excluding diaryl/α,β-unsaturated/α-hetero) is 1. The first kappa shape index (κ1) is 9.58. The molecule has 0 N–H and O–H groups in total. The number of nitrogens with zero attached hydrogens (tertiary/aromatic N) is 2. The third-order valence-corrected chi connectivity index (χ3v) is 3.37. The fourth-order valence-electron chi connectivity index (χ4n) is 2.55. The highest BCUT2D eigenvalue weighted by Crippen LogP contribution is 2.31. The van der Waals surface area contributed by atoms with E-state index in [4.69, 9.17) is 0 Å². The van der Waals surface area contributed by atoms with Crippen LogP contribution in [0.3, 0.4) is 0 Å². The van der Waals surface area contributed by atoms with Gasteiger partial charge in [-0.3, -0.25) is 9.78 Å². The Kier molecular flexibility index (Phi) is 2.24. The Morgan fingerprint density at radius 2 is 2.44 bits per heavy atom. The van der Waals surface area contributed by atoms with E-state index >= 15 is 0 Å². The molecule has 0 amide bonds. The van der Waals surface area contributed by atoms with Gasteiger partial charge >= 0.3 is 0 Å². The monoisotopic (exact) mass is 214 g/mol. The van der Waals surface area contributed by atoms with Crippen LogP contribution < -0.4 is 0 Å². The van der Waals surface area contributed by atoms with Gasteiger partial charge in [0.25, 0.3) is 0 Å². The van der Waals surface area contributed by atoms with Crippen LogP contribution in [0.5, 0.6) is 0 Å². The number of hydrogen-bond acceptors (Lipinski definition) is 3. The number of rotatable bonds is 1. The molecule has 1 unspecified atom stereocenters. The van der Waals surface area contributed by atoms with Crippen LogP contribution in [0.25, 0.3) is 6.08 Å². The van der Waals surface area contributed by atoms with Gasteiger partial charge in [0.15, 0.2) is 5.78 Å². The van der Waals surface area contributed by atoms with Crippen molar-refractivity contribution in [1.29, 1.82) is 0 Å². The lowest BCUT2D eigenvalue weighted by Gasteiger charge is -2.26. The summed E-state index contributed by atoms with van der Waals surface area (Å²) in [6.07, 6.45) is 7.40. The van der Waals surface area contributed by atoms with Crippen LogP contribution in [0, 0.1) is 5.92 Å². The highest BCUT2D eigenvalue weighted by Gasteiger charge is 2.34. The van der Waals surface area contributed by atoms with Gasteiger partial charge in [0.1, 0.15) is 0 Å². The Morgan fingerprint density at radius 1 is 1.50 bits per heavy atom. The van der Waals surface area contributed by atoms with Crippen LogP contribution in [-0.4, -0.2) is 28.8 Å². The Morgan fingerprint density at radius 3 is 3.25 bits per heavy atom. The Balaban J connectivity index is 1.93. The topological polar surface area (TPSA) is 33.2 Å². The summed E-state index contributed by atoms with van der Waals surface area (Å²) in [7, 11) is 0. The number of aromatic nitrogens is 1.